The van der Waals surface area contributed by atoms with Crippen molar-refractivity contribution in [2.75, 3.05) is 12.9 Å². The van der Waals surface area contributed by atoms with Crippen LogP contribution in [0.2, 0.25) is 0 Å². The van der Waals surface area contributed by atoms with Crippen molar-refractivity contribution in [1.82, 2.24) is 4.31 Å². The van der Waals surface area contributed by atoms with Gasteiger partial charge >= 0.3 is 5.97 Å². The average molecular weight is 290 g/mol. The van der Waals surface area contributed by atoms with Crippen molar-refractivity contribution in [1.29, 1.82) is 0 Å². The number of carbonyl (C=O) groups excluding carboxylic acids is 1. The fraction of sp³-hybridized carbons (Fsp3) is 0.917. The second-order valence-corrected chi connectivity index (χ2v) is 7.44. The second-order valence-electron chi connectivity index (χ2n) is 5.44. The van der Waals surface area contributed by atoms with E-state index in [0.29, 0.717) is 6.42 Å². The Kier molecular flexibility index (Phi) is 4.47. The smallest absolute Gasteiger partial charge is 0.305 e. The predicted molar refractivity (Wildman–Crippen MR) is 70.9 cm³/mol. The van der Waals surface area contributed by atoms with Gasteiger partial charge in [-0.25, -0.2) is 8.42 Å². The summed E-state index contributed by atoms with van der Waals surface area (Å²) in [6.07, 6.45) is 3.80. The molecule has 0 aliphatic carbocycles. The summed E-state index contributed by atoms with van der Waals surface area (Å²) in [5.41, 5.74) is 5.94. The first-order chi connectivity index (χ1) is 8.94. The Balaban J connectivity index is 1.95. The molecule has 7 heteroatoms. The van der Waals surface area contributed by atoms with E-state index >= 15 is 0 Å². The molecule has 0 saturated carbocycles. The van der Waals surface area contributed by atoms with Crippen LogP contribution in [0.15, 0.2) is 0 Å². The van der Waals surface area contributed by atoms with Gasteiger partial charge in [0, 0.05) is 24.5 Å². The molecule has 2 saturated heterocycles. The number of sulfonamides is 1. The highest BCUT2D eigenvalue weighted by Crippen LogP contribution is 2.37. The zero-order valence-electron chi connectivity index (χ0n) is 11.2. The van der Waals surface area contributed by atoms with E-state index in [-0.39, 0.29) is 36.3 Å². The Hall–Kier alpha value is -0.660. The van der Waals surface area contributed by atoms with Crippen molar-refractivity contribution in [2.24, 2.45) is 5.73 Å². The van der Waals surface area contributed by atoms with Crippen LogP contribution in [0.5, 0.6) is 0 Å². The molecule has 2 rings (SSSR count). The first-order valence-corrected chi connectivity index (χ1v) is 8.38. The minimum Gasteiger partial charge on any atom is -0.469 e. The quantitative estimate of drug-likeness (QED) is 0.732. The molecule has 0 spiro atoms. The fourth-order valence-electron chi connectivity index (χ4n) is 3.24. The molecule has 6 nitrogen and oxygen atoms in total. The Bertz CT molecular complexity index is 423. The largest absolute Gasteiger partial charge is 0.469 e. The molecule has 2 atom stereocenters. The van der Waals surface area contributed by atoms with Gasteiger partial charge in [0.05, 0.1) is 12.9 Å². The summed E-state index contributed by atoms with van der Waals surface area (Å²) in [4.78, 5) is 11.0. The number of carbonyl (C=O) groups is 1. The number of esters is 1. The molecule has 19 heavy (non-hydrogen) atoms. The van der Waals surface area contributed by atoms with Crippen LogP contribution in [-0.2, 0) is 19.6 Å². The lowest BCUT2D eigenvalue weighted by Crippen LogP contribution is -2.50. The van der Waals surface area contributed by atoms with Crippen molar-refractivity contribution in [2.45, 2.75) is 56.7 Å². The average Bonchev–Trinajstić information content (AvgIpc) is 2.63. The topological polar surface area (TPSA) is 89.7 Å². The van der Waals surface area contributed by atoms with Crippen LogP contribution in [0.25, 0.3) is 0 Å². The lowest BCUT2D eigenvalue weighted by molar-refractivity contribution is -0.140. The maximum absolute atomic E-state index is 12.4. The van der Waals surface area contributed by atoms with Crippen LogP contribution in [0.4, 0.5) is 0 Å². The molecular formula is C12H22N2O4S. The molecule has 2 fully saturated rings. The third-order valence-corrected chi connectivity index (χ3v) is 6.08. The van der Waals surface area contributed by atoms with E-state index in [0.717, 1.165) is 25.7 Å². The Morgan fingerprint density at radius 1 is 1.32 bits per heavy atom. The van der Waals surface area contributed by atoms with E-state index in [9.17, 15) is 13.2 Å². The lowest BCUT2D eigenvalue weighted by atomic mass is 10.0. The molecule has 110 valence electrons. The maximum atomic E-state index is 12.4. The summed E-state index contributed by atoms with van der Waals surface area (Å²) in [5, 5.41) is 0. The molecule has 0 aromatic carbocycles. The first kappa shape index (κ1) is 14.7. The fourth-order valence-corrected chi connectivity index (χ4v) is 5.25. The van der Waals surface area contributed by atoms with Gasteiger partial charge in [-0.2, -0.15) is 4.31 Å². The molecule has 2 unspecified atom stereocenters. The van der Waals surface area contributed by atoms with Gasteiger partial charge in [0.1, 0.15) is 0 Å². The summed E-state index contributed by atoms with van der Waals surface area (Å²) in [6, 6.07) is 0.257. The molecule has 2 aliphatic rings. The molecule has 0 radical (unpaired) electrons. The number of rotatable bonds is 5. The van der Waals surface area contributed by atoms with Crippen molar-refractivity contribution >= 4 is 16.0 Å². The molecule has 0 aromatic heterocycles. The van der Waals surface area contributed by atoms with Crippen LogP contribution in [0.3, 0.4) is 0 Å². The predicted octanol–water partition coefficient (Wildman–Crippen LogP) is 0.224. The molecule has 0 amide bonds. The van der Waals surface area contributed by atoms with Gasteiger partial charge in [0.2, 0.25) is 10.0 Å². The first-order valence-electron chi connectivity index (χ1n) is 6.77. The molecular weight excluding hydrogens is 268 g/mol. The number of nitrogens with two attached hydrogens (primary N) is 1. The van der Waals surface area contributed by atoms with Gasteiger partial charge in [0.15, 0.2) is 0 Å². The number of hydrogen-bond acceptors (Lipinski definition) is 5. The van der Waals surface area contributed by atoms with E-state index in [1.165, 1.54) is 7.11 Å². The summed E-state index contributed by atoms with van der Waals surface area (Å²) < 4.78 is 30.9. The van der Waals surface area contributed by atoms with Gasteiger partial charge in [-0.15, -0.1) is 0 Å². The van der Waals surface area contributed by atoms with Crippen LogP contribution >= 0.6 is 0 Å². The minimum absolute atomic E-state index is 0.0182. The number of piperidine rings is 1. The number of fused-ring (bicyclic) bond motifs is 2. The van der Waals surface area contributed by atoms with E-state index in [1.54, 1.807) is 4.31 Å². The summed E-state index contributed by atoms with van der Waals surface area (Å²) >= 11 is 0. The standard InChI is InChI=1S/C12H22N2O4S/c1-18-12(15)3-2-6-19(16,17)14-10-4-5-11(14)8-9(13)7-10/h9-11H,2-8,13H2,1H3. The van der Waals surface area contributed by atoms with Gasteiger partial charge in [-0.3, -0.25) is 4.79 Å². The van der Waals surface area contributed by atoms with Gasteiger partial charge < -0.3 is 10.5 Å². The van der Waals surface area contributed by atoms with E-state index in [4.69, 9.17) is 5.73 Å². The van der Waals surface area contributed by atoms with Crippen molar-refractivity contribution in [3.8, 4) is 0 Å². The zero-order valence-corrected chi connectivity index (χ0v) is 12.1. The van der Waals surface area contributed by atoms with Gasteiger partial charge in [-0.05, 0) is 32.1 Å². The summed E-state index contributed by atoms with van der Waals surface area (Å²) in [7, 11) is -1.97. The summed E-state index contributed by atoms with van der Waals surface area (Å²) in [5.74, 6) is -0.344. The van der Waals surface area contributed by atoms with E-state index in [1.807, 2.05) is 0 Å². The number of nitrogens with zero attached hydrogens (tertiary/aromatic N) is 1. The number of ether oxygens (including phenoxy) is 1. The van der Waals surface area contributed by atoms with E-state index < -0.39 is 10.0 Å². The molecule has 0 aromatic rings. The number of hydrogen-bond donors (Lipinski definition) is 1. The second kappa shape index (κ2) is 5.76. The molecule has 2 heterocycles. The zero-order chi connectivity index (χ0) is 14.0. The van der Waals surface area contributed by atoms with Crippen LogP contribution in [0, 0.1) is 0 Å². The third kappa shape index (κ3) is 3.27. The lowest BCUT2D eigenvalue weighted by Gasteiger charge is -2.36. The van der Waals surface area contributed by atoms with Crippen molar-refractivity contribution < 1.29 is 17.9 Å². The van der Waals surface area contributed by atoms with Crippen LogP contribution in [0.1, 0.15) is 38.5 Å². The Morgan fingerprint density at radius 2 is 1.89 bits per heavy atom. The highest BCUT2D eigenvalue weighted by atomic mass is 32.2. The van der Waals surface area contributed by atoms with Crippen molar-refractivity contribution in [3.63, 3.8) is 0 Å². The normalized spacial score (nSPS) is 31.4. The van der Waals surface area contributed by atoms with Crippen LogP contribution in [-0.4, -0.2) is 49.7 Å². The minimum atomic E-state index is -3.28. The van der Waals surface area contributed by atoms with Gasteiger partial charge in [-0.1, -0.05) is 0 Å². The van der Waals surface area contributed by atoms with Crippen molar-refractivity contribution in [3.05, 3.63) is 0 Å². The Labute approximate surface area is 114 Å². The third-order valence-electron chi connectivity index (χ3n) is 4.03. The highest BCUT2D eigenvalue weighted by molar-refractivity contribution is 7.89. The Morgan fingerprint density at radius 3 is 2.42 bits per heavy atom. The number of methoxy groups -OCH3 is 1. The van der Waals surface area contributed by atoms with E-state index in [2.05, 4.69) is 4.74 Å². The molecule has 2 aliphatic heterocycles. The van der Waals surface area contributed by atoms with Gasteiger partial charge in [0.25, 0.3) is 0 Å². The summed E-state index contributed by atoms with van der Waals surface area (Å²) in [6.45, 7) is 0. The SMILES string of the molecule is COC(=O)CCCS(=O)(=O)N1C2CCC1CC(N)C2. The van der Waals surface area contributed by atoms with Crippen LogP contribution < -0.4 is 5.73 Å². The highest BCUT2D eigenvalue weighted by Gasteiger charge is 2.45. The monoisotopic (exact) mass is 290 g/mol. The maximum Gasteiger partial charge on any atom is 0.305 e. The molecule has 2 N–H and O–H groups in total. The molecule has 2 bridgehead atoms.